The Hall–Kier alpha value is -2.26. The van der Waals surface area contributed by atoms with E-state index >= 15 is 0 Å². The van der Waals surface area contributed by atoms with E-state index in [0.29, 0.717) is 0 Å². The second-order valence-electron chi connectivity index (χ2n) is 10.5. The van der Waals surface area contributed by atoms with Crippen molar-refractivity contribution in [2.24, 2.45) is 9.98 Å². The van der Waals surface area contributed by atoms with E-state index in [1.54, 1.807) is 0 Å². The summed E-state index contributed by atoms with van der Waals surface area (Å²) in [5.41, 5.74) is -9.88. The Morgan fingerprint density at radius 3 is 0.790 bits per heavy atom. The number of aliphatic imine (C=N–C) groups is 2. The SMILES string of the molecule is FC(F)(F)C(/C=C(\[N-]c1c(Cl)cccc1Cl)C(F)(F)F)=Nc1c(Cl)cccc1Cl.FC(F)(F)C(/C=C(\[N-]c1c(Cl)cccc1Cl)C(F)(F)F)=Nc1c(Cl)cccc1Cl.[Cu+2].[Cu+2].[OH-].[OH-]. The van der Waals surface area contributed by atoms with Gasteiger partial charge in [-0.25, -0.2) is 9.98 Å². The maximum absolute atomic E-state index is 13.4. The van der Waals surface area contributed by atoms with Crippen LogP contribution in [0.4, 0.5) is 75.4 Å². The van der Waals surface area contributed by atoms with Crippen LogP contribution in [0.15, 0.2) is 106 Å². The molecule has 0 spiro atoms. The molecular weight excluding hydrogens is 1140 g/mol. The Kier molecular flexibility index (Phi) is 25.4. The summed E-state index contributed by atoms with van der Waals surface area (Å²) in [6.07, 6.45) is -21.7. The first-order valence-electron chi connectivity index (χ1n) is 14.7. The van der Waals surface area contributed by atoms with Crippen molar-refractivity contribution in [1.82, 2.24) is 0 Å². The molecule has 0 bridgehead atoms. The van der Waals surface area contributed by atoms with Crippen molar-refractivity contribution >= 4 is 127 Å². The Balaban J connectivity index is 0. The fourth-order valence-corrected chi connectivity index (χ4v) is 5.76. The number of halogens is 20. The van der Waals surface area contributed by atoms with Gasteiger partial charge in [0.25, 0.3) is 0 Å². The van der Waals surface area contributed by atoms with Crippen LogP contribution in [0, 0.1) is 0 Å². The van der Waals surface area contributed by atoms with Gasteiger partial charge >= 0.3 is 58.8 Å². The number of alkyl halides is 12. The molecule has 0 aliphatic rings. The van der Waals surface area contributed by atoms with E-state index in [9.17, 15) is 52.7 Å². The van der Waals surface area contributed by atoms with Gasteiger partial charge in [-0.2, -0.15) is 52.7 Å². The third kappa shape index (κ3) is 18.0. The molecular formula is C34H16Cl8Cu2F12N4O2. The van der Waals surface area contributed by atoms with Gasteiger partial charge in [-0.05, 0) is 60.7 Å². The van der Waals surface area contributed by atoms with Crippen LogP contribution in [0.5, 0.6) is 0 Å². The third-order valence-electron chi connectivity index (χ3n) is 6.39. The van der Waals surface area contributed by atoms with Gasteiger partial charge < -0.3 is 21.6 Å². The molecule has 0 heterocycles. The standard InChI is InChI=1S/2C17H7Cl4F6N2.2Cu.2H2O/c2*18-8-3-1-4-9(19)14(8)28-12(16(22,23)24)7-13(17(25,26)27)29-15-10(20)5-2-6-11(15)21;;;;/h2*1-7H;;;2*1H2/q2*-1;2*+2;;/p-2/b2*12-7-,29-13?;;;;. The number of benzene rings is 4. The summed E-state index contributed by atoms with van der Waals surface area (Å²) in [7, 11) is 0. The van der Waals surface area contributed by atoms with Crippen molar-refractivity contribution in [2.45, 2.75) is 24.7 Å². The first-order chi connectivity index (χ1) is 26.6. The molecule has 346 valence electrons. The van der Waals surface area contributed by atoms with Crippen LogP contribution < -0.4 is 0 Å². The largest absolute Gasteiger partial charge is 2.00 e. The van der Waals surface area contributed by atoms with E-state index in [0.717, 1.165) is 0 Å². The Bertz CT molecular complexity index is 2040. The minimum Gasteiger partial charge on any atom is -0.870 e. The van der Waals surface area contributed by atoms with Crippen molar-refractivity contribution in [3.05, 3.63) is 147 Å². The fourth-order valence-electron chi connectivity index (χ4n) is 3.83. The summed E-state index contributed by atoms with van der Waals surface area (Å²) in [6, 6.07) is 14.8. The average molecular weight is 1150 g/mol. The molecule has 0 saturated heterocycles. The molecule has 0 saturated carbocycles. The Morgan fingerprint density at radius 2 is 0.597 bits per heavy atom. The number of para-hydroxylation sites is 4. The van der Waals surface area contributed by atoms with E-state index in [-0.39, 0.29) is 97.4 Å². The molecule has 0 aliphatic carbocycles. The molecule has 2 radical (unpaired) electrons. The zero-order chi connectivity index (χ0) is 44.0. The quantitative estimate of drug-likeness (QED) is 0.0994. The summed E-state index contributed by atoms with van der Waals surface area (Å²) in [5, 5.41) is 4.11. The van der Waals surface area contributed by atoms with Gasteiger partial charge in [0.05, 0.1) is 20.1 Å². The van der Waals surface area contributed by atoms with Gasteiger partial charge in [0.15, 0.2) is 0 Å². The molecule has 4 aromatic carbocycles. The Morgan fingerprint density at radius 1 is 0.387 bits per heavy atom. The topological polar surface area (TPSA) is 113 Å². The maximum atomic E-state index is 13.4. The van der Waals surface area contributed by atoms with Crippen LogP contribution >= 0.6 is 92.8 Å². The van der Waals surface area contributed by atoms with Crippen LogP contribution in [0.3, 0.4) is 0 Å². The van der Waals surface area contributed by atoms with Gasteiger partial charge in [0.1, 0.15) is 22.8 Å². The first-order valence-corrected chi connectivity index (χ1v) is 17.7. The zero-order valence-electron chi connectivity index (χ0n) is 28.9. The monoisotopic (exact) mass is 1150 g/mol. The van der Waals surface area contributed by atoms with Gasteiger partial charge in [0.2, 0.25) is 0 Å². The molecule has 0 unspecified atom stereocenters. The molecule has 4 rings (SSSR count). The molecule has 28 heteroatoms. The van der Waals surface area contributed by atoms with Crippen molar-refractivity contribution < 1.29 is 97.8 Å². The zero-order valence-corrected chi connectivity index (χ0v) is 36.9. The summed E-state index contributed by atoms with van der Waals surface area (Å²) in [5.74, 6) is 0. The van der Waals surface area contributed by atoms with Crippen LogP contribution in [0.2, 0.25) is 40.2 Å². The number of allylic oxidation sites excluding steroid dienone is 4. The minimum atomic E-state index is -5.28. The predicted molar refractivity (Wildman–Crippen MR) is 210 cm³/mol. The summed E-state index contributed by atoms with van der Waals surface area (Å²) < 4.78 is 161. The number of hydrogen-bond donors (Lipinski definition) is 0. The molecule has 2 N–H and O–H groups in total. The third-order valence-corrected chi connectivity index (χ3v) is 8.83. The van der Waals surface area contributed by atoms with Crippen LogP contribution in [0.1, 0.15) is 0 Å². The van der Waals surface area contributed by atoms with Crippen LogP contribution in [0.25, 0.3) is 10.6 Å². The molecule has 6 nitrogen and oxygen atoms in total. The van der Waals surface area contributed by atoms with Crippen molar-refractivity contribution in [3.8, 4) is 0 Å². The number of hydrogen-bond acceptors (Lipinski definition) is 4. The second kappa shape index (κ2) is 25.4. The smallest absolute Gasteiger partial charge is 0.870 e. The molecule has 4 aromatic rings. The Labute approximate surface area is 403 Å². The second-order valence-corrected chi connectivity index (χ2v) is 13.8. The van der Waals surface area contributed by atoms with E-state index in [1.807, 2.05) is 0 Å². The van der Waals surface area contributed by atoms with Gasteiger partial charge in [-0.15, -0.1) is 0 Å². The molecule has 62 heavy (non-hydrogen) atoms. The number of nitrogens with zero attached hydrogens (tertiary/aromatic N) is 4. The van der Waals surface area contributed by atoms with Crippen molar-refractivity contribution in [2.75, 3.05) is 0 Å². The minimum absolute atomic E-state index is 0. The van der Waals surface area contributed by atoms with Crippen molar-refractivity contribution in [1.29, 1.82) is 0 Å². The molecule has 0 fully saturated rings. The summed E-state index contributed by atoms with van der Waals surface area (Å²) >= 11 is 46.1. The molecule has 0 aromatic heterocycles. The summed E-state index contributed by atoms with van der Waals surface area (Å²) in [6.45, 7) is 0. The predicted octanol–water partition coefficient (Wildman–Crippen LogP) is 17.8. The van der Waals surface area contributed by atoms with Crippen LogP contribution in [-0.4, -0.2) is 47.1 Å². The molecule has 0 amide bonds. The van der Waals surface area contributed by atoms with Crippen LogP contribution in [-0.2, 0) is 34.1 Å². The van der Waals surface area contributed by atoms with Gasteiger partial charge in [-0.3, -0.25) is 0 Å². The average Bonchev–Trinajstić information content (AvgIpc) is 3.07. The fraction of sp³-hybridized carbons (Fsp3) is 0.118. The number of rotatable bonds is 8. The van der Waals surface area contributed by atoms with E-state index in [1.165, 1.54) is 72.8 Å². The normalized spacial score (nSPS) is 12.7. The van der Waals surface area contributed by atoms with E-state index < -0.39 is 70.3 Å². The maximum Gasteiger partial charge on any atom is 2.00 e. The van der Waals surface area contributed by atoms with Gasteiger partial charge in [0, 0.05) is 20.1 Å². The summed E-state index contributed by atoms with van der Waals surface area (Å²) in [4.78, 5) is 6.39. The van der Waals surface area contributed by atoms with Crippen molar-refractivity contribution in [3.63, 3.8) is 0 Å². The van der Waals surface area contributed by atoms with Gasteiger partial charge in [-0.1, -0.05) is 140 Å². The molecule has 0 atom stereocenters. The van der Waals surface area contributed by atoms with E-state index in [4.69, 9.17) is 92.8 Å². The van der Waals surface area contributed by atoms with E-state index in [2.05, 4.69) is 20.6 Å². The molecule has 0 aliphatic heterocycles. The first kappa shape index (κ1) is 61.8.